The van der Waals surface area contributed by atoms with Gasteiger partial charge in [-0.2, -0.15) is 13.2 Å². The summed E-state index contributed by atoms with van der Waals surface area (Å²) in [5, 5.41) is 0.208. The number of hydrogen-bond donors (Lipinski definition) is 0. The van der Waals surface area contributed by atoms with Crippen LogP contribution in [-0.2, 0) is 6.18 Å². The van der Waals surface area contributed by atoms with E-state index in [4.69, 9.17) is 37.1 Å². The molecule has 33 heavy (non-hydrogen) atoms. The van der Waals surface area contributed by atoms with Crippen LogP contribution in [0.4, 0.5) is 13.2 Å². The normalized spacial score (nSPS) is 11.4. The molecular weight excluding hydrogens is 484 g/mol. The van der Waals surface area contributed by atoms with E-state index in [0.29, 0.717) is 5.02 Å². The molecule has 4 aromatic rings. The van der Waals surface area contributed by atoms with Gasteiger partial charge >= 0.3 is 12.1 Å². The van der Waals surface area contributed by atoms with E-state index in [1.54, 1.807) is 6.07 Å². The molecule has 4 rings (SSSR count). The Morgan fingerprint density at radius 2 is 1.64 bits per heavy atom. The fourth-order valence-electron chi connectivity index (χ4n) is 2.89. The second-order valence-electron chi connectivity index (χ2n) is 6.67. The average molecular weight is 495 g/mol. The number of halogens is 5. The van der Waals surface area contributed by atoms with Gasteiger partial charge in [-0.05, 0) is 48.5 Å². The Bertz CT molecular complexity index is 1410. The number of carbonyl (C=O) groups is 1. The first kappa shape index (κ1) is 22.7. The third-order valence-corrected chi connectivity index (χ3v) is 4.98. The van der Waals surface area contributed by atoms with Gasteiger partial charge in [0.1, 0.15) is 17.1 Å². The van der Waals surface area contributed by atoms with Crippen molar-refractivity contribution in [1.29, 1.82) is 0 Å². The highest BCUT2D eigenvalue weighted by Gasteiger charge is 2.40. The molecule has 0 bridgehead atoms. The van der Waals surface area contributed by atoms with Crippen LogP contribution in [0.1, 0.15) is 16.1 Å². The van der Waals surface area contributed by atoms with Gasteiger partial charge in [0, 0.05) is 11.1 Å². The summed E-state index contributed by atoms with van der Waals surface area (Å²) in [5.41, 5.74) is -1.35. The largest absolute Gasteiger partial charge is 0.453 e. The van der Waals surface area contributed by atoms with Crippen LogP contribution in [0, 0.1) is 0 Å². The van der Waals surface area contributed by atoms with Crippen LogP contribution in [0.3, 0.4) is 0 Å². The monoisotopic (exact) mass is 494 g/mol. The highest BCUT2D eigenvalue weighted by atomic mass is 35.5. The summed E-state index contributed by atoms with van der Waals surface area (Å²) < 4.78 is 56.4. The van der Waals surface area contributed by atoms with E-state index >= 15 is 0 Å². The van der Waals surface area contributed by atoms with E-state index in [-0.39, 0.29) is 27.5 Å². The number of hydrogen-bond acceptors (Lipinski definition) is 5. The molecule has 0 unspecified atom stereocenters. The lowest BCUT2D eigenvalue weighted by molar-refractivity contribution is -0.154. The first-order valence-corrected chi connectivity index (χ1v) is 9.97. The summed E-state index contributed by atoms with van der Waals surface area (Å²) in [4.78, 5) is 25.1. The molecule has 0 atom stereocenters. The van der Waals surface area contributed by atoms with Crippen molar-refractivity contribution in [1.82, 2.24) is 0 Å². The molecule has 1 heterocycles. The molecule has 0 saturated carbocycles. The fraction of sp³-hybridized carbons (Fsp3) is 0.0435. The van der Waals surface area contributed by atoms with Crippen LogP contribution in [0.2, 0.25) is 10.0 Å². The summed E-state index contributed by atoms with van der Waals surface area (Å²) in [6.45, 7) is 0. The molecule has 0 N–H and O–H groups in total. The predicted molar refractivity (Wildman–Crippen MR) is 115 cm³/mol. The minimum absolute atomic E-state index is 0.00887. The lowest BCUT2D eigenvalue weighted by Crippen LogP contribution is -2.15. The van der Waals surface area contributed by atoms with Crippen molar-refractivity contribution >= 4 is 40.1 Å². The van der Waals surface area contributed by atoms with Crippen molar-refractivity contribution in [3.63, 3.8) is 0 Å². The zero-order valence-electron chi connectivity index (χ0n) is 16.3. The van der Waals surface area contributed by atoms with Crippen molar-refractivity contribution in [2.45, 2.75) is 6.18 Å². The van der Waals surface area contributed by atoms with Crippen LogP contribution in [0.15, 0.2) is 75.9 Å². The topological polar surface area (TPSA) is 65.7 Å². The van der Waals surface area contributed by atoms with E-state index in [1.807, 2.05) is 0 Å². The quantitative estimate of drug-likeness (QED) is 0.223. The van der Waals surface area contributed by atoms with Crippen LogP contribution in [0.25, 0.3) is 11.0 Å². The van der Waals surface area contributed by atoms with Gasteiger partial charge in [-0.15, -0.1) is 0 Å². The number of ether oxygens (including phenoxy) is 2. The molecule has 168 valence electrons. The van der Waals surface area contributed by atoms with Crippen molar-refractivity contribution in [2.24, 2.45) is 0 Å². The Balaban J connectivity index is 1.76. The highest BCUT2D eigenvalue weighted by molar-refractivity contribution is 6.32. The summed E-state index contributed by atoms with van der Waals surface area (Å²) in [6, 6.07) is 15.0. The summed E-state index contributed by atoms with van der Waals surface area (Å²) in [5.74, 6) is -3.76. The van der Waals surface area contributed by atoms with Gasteiger partial charge in [-0.3, -0.25) is 4.79 Å². The molecule has 0 saturated heterocycles. The van der Waals surface area contributed by atoms with Crippen molar-refractivity contribution in [3.8, 4) is 17.2 Å². The Morgan fingerprint density at radius 1 is 0.939 bits per heavy atom. The summed E-state index contributed by atoms with van der Waals surface area (Å²) in [6.07, 6.45) is -5.06. The van der Waals surface area contributed by atoms with Gasteiger partial charge < -0.3 is 13.9 Å². The number of benzene rings is 3. The molecule has 1 aromatic heterocycles. The zero-order valence-corrected chi connectivity index (χ0v) is 17.8. The maximum Gasteiger partial charge on any atom is 0.453 e. The van der Waals surface area contributed by atoms with Gasteiger partial charge in [0.2, 0.25) is 11.2 Å². The number of carbonyl (C=O) groups excluding carboxylic acids is 1. The second kappa shape index (κ2) is 8.80. The smallest absolute Gasteiger partial charge is 0.448 e. The highest BCUT2D eigenvalue weighted by Crippen LogP contribution is 2.39. The fourth-order valence-corrected chi connectivity index (χ4v) is 3.19. The average Bonchev–Trinajstić information content (AvgIpc) is 2.76. The van der Waals surface area contributed by atoms with E-state index < -0.39 is 34.7 Å². The molecule has 0 radical (unpaired) electrons. The Kier molecular flexibility index (Phi) is 6.05. The Labute approximate surface area is 193 Å². The van der Waals surface area contributed by atoms with Gasteiger partial charge in [-0.25, -0.2) is 4.79 Å². The Hall–Kier alpha value is -3.49. The van der Waals surface area contributed by atoms with Crippen LogP contribution < -0.4 is 14.9 Å². The number of alkyl halides is 3. The molecule has 0 fully saturated rings. The second-order valence-corrected chi connectivity index (χ2v) is 7.52. The Morgan fingerprint density at radius 3 is 2.30 bits per heavy atom. The van der Waals surface area contributed by atoms with Gasteiger partial charge in [0.15, 0.2) is 0 Å². The third-order valence-electron chi connectivity index (χ3n) is 4.42. The molecule has 0 aliphatic carbocycles. The maximum absolute atomic E-state index is 13.7. The van der Waals surface area contributed by atoms with E-state index in [0.717, 1.165) is 6.07 Å². The van der Waals surface area contributed by atoms with Crippen LogP contribution >= 0.6 is 23.2 Å². The van der Waals surface area contributed by atoms with E-state index in [9.17, 15) is 22.8 Å². The minimum Gasteiger partial charge on any atom is -0.448 e. The molecule has 0 aliphatic rings. The van der Waals surface area contributed by atoms with Crippen molar-refractivity contribution in [3.05, 3.63) is 98.3 Å². The van der Waals surface area contributed by atoms with E-state index in [1.165, 1.54) is 54.6 Å². The van der Waals surface area contributed by atoms with Gasteiger partial charge in [-0.1, -0.05) is 35.3 Å². The molecule has 0 amide bonds. The van der Waals surface area contributed by atoms with Gasteiger partial charge in [0.05, 0.1) is 16.0 Å². The molecule has 0 spiro atoms. The van der Waals surface area contributed by atoms with Gasteiger partial charge in [0.25, 0.3) is 5.76 Å². The number of esters is 1. The number of rotatable bonds is 4. The lowest BCUT2D eigenvalue weighted by Gasteiger charge is -2.14. The maximum atomic E-state index is 13.7. The standard InChI is InChI=1S/C23H11Cl2F3O5/c24-13-7-5-12(6-8-13)22(30)31-14-9-10-15-18(11-14)33-21(23(26,27)28)20(19(15)29)32-17-4-2-1-3-16(17)25/h1-11H. The number of fused-ring (bicyclic) bond motifs is 1. The zero-order chi connectivity index (χ0) is 23.8. The summed E-state index contributed by atoms with van der Waals surface area (Å²) in [7, 11) is 0. The third kappa shape index (κ3) is 4.81. The van der Waals surface area contributed by atoms with E-state index in [2.05, 4.69) is 0 Å². The molecule has 0 aliphatic heterocycles. The molecular formula is C23H11Cl2F3O5. The lowest BCUT2D eigenvalue weighted by atomic mass is 10.2. The van der Waals surface area contributed by atoms with Crippen molar-refractivity contribution < 1.29 is 31.9 Å². The molecule has 3 aromatic carbocycles. The van der Waals surface area contributed by atoms with Crippen LogP contribution in [-0.4, -0.2) is 5.97 Å². The SMILES string of the molecule is O=C(Oc1ccc2c(=O)c(Oc3ccccc3Cl)c(C(F)(F)F)oc2c1)c1ccc(Cl)cc1. The number of para-hydroxylation sites is 1. The molecule has 5 nitrogen and oxygen atoms in total. The van der Waals surface area contributed by atoms with Crippen LogP contribution in [0.5, 0.6) is 17.2 Å². The predicted octanol–water partition coefficient (Wildman–Crippen LogP) is 7.13. The minimum atomic E-state index is -5.06. The first-order valence-electron chi connectivity index (χ1n) is 9.21. The summed E-state index contributed by atoms with van der Waals surface area (Å²) >= 11 is 11.7. The van der Waals surface area contributed by atoms with Crippen molar-refractivity contribution in [2.75, 3.05) is 0 Å². The first-order chi connectivity index (χ1) is 15.6. The molecule has 10 heteroatoms.